The predicted octanol–water partition coefficient (Wildman–Crippen LogP) is 1.45. The first kappa shape index (κ1) is 9.57. The molecule has 68 valence electrons. The van der Waals surface area contributed by atoms with Gasteiger partial charge in [0.25, 0.3) is 0 Å². The molecule has 0 aromatic heterocycles. The number of hydrogen-bond acceptors (Lipinski definition) is 2. The Kier molecular flexibility index (Phi) is 3.58. The third-order valence-corrected chi connectivity index (χ3v) is 2.37. The van der Waals surface area contributed by atoms with Crippen molar-refractivity contribution in [1.82, 2.24) is 0 Å². The summed E-state index contributed by atoms with van der Waals surface area (Å²) in [6, 6.07) is 0. The third kappa shape index (κ3) is 2.23. The summed E-state index contributed by atoms with van der Waals surface area (Å²) < 4.78 is 10.6. The van der Waals surface area contributed by atoms with E-state index in [9.17, 15) is 0 Å². The summed E-state index contributed by atoms with van der Waals surface area (Å²) in [6.45, 7) is 5.34. The molecule has 1 aliphatic rings. The van der Waals surface area contributed by atoms with Gasteiger partial charge in [-0.1, -0.05) is 6.92 Å². The van der Waals surface area contributed by atoms with Crippen molar-refractivity contribution in [3.05, 3.63) is 0 Å². The van der Waals surface area contributed by atoms with Crippen LogP contribution in [-0.2, 0) is 9.47 Å². The standard InChI is InChI=1S/C10H16O2/c1-3-5-6-11-7-10(4-2)8-12-9-10/h1H,4-9H2,2H3. The van der Waals surface area contributed by atoms with Gasteiger partial charge in [-0.2, -0.15) is 0 Å². The molecule has 0 aromatic rings. The summed E-state index contributed by atoms with van der Waals surface area (Å²) >= 11 is 0. The molecule has 0 amide bonds. The van der Waals surface area contributed by atoms with Crippen molar-refractivity contribution < 1.29 is 9.47 Å². The van der Waals surface area contributed by atoms with E-state index in [2.05, 4.69) is 12.8 Å². The van der Waals surface area contributed by atoms with Crippen molar-refractivity contribution in [1.29, 1.82) is 0 Å². The Labute approximate surface area is 74.2 Å². The SMILES string of the molecule is C#CCCOCC1(CC)COC1. The number of terminal acetylenes is 1. The van der Waals surface area contributed by atoms with E-state index < -0.39 is 0 Å². The normalized spacial score (nSPS) is 19.7. The average Bonchev–Trinajstić information content (AvgIpc) is 2.02. The monoisotopic (exact) mass is 168 g/mol. The smallest absolute Gasteiger partial charge is 0.0575 e. The minimum absolute atomic E-state index is 0.300. The lowest BCUT2D eigenvalue weighted by Crippen LogP contribution is -2.45. The maximum absolute atomic E-state index is 5.45. The Balaban J connectivity index is 2.09. The second kappa shape index (κ2) is 4.49. The summed E-state index contributed by atoms with van der Waals surface area (Å²) in [7, 11) is 0. The fourth-order valence-electron chi connectivity index (χ4n) is 1.20. The van der Waals surface area contributed by atoms with Crippen molar-refractivity contribution in [2.24, 2.45) is 5.41 Å². The van der Waals surface area contributed by atoms with Gasteiger partial charge in [0.05, 0.1) is 26.4 Å². The van der Waals surface area contributed by atoms with Gasteiger partial charge in [0.2, 0.25) is 0 Å². The quantitative estimate of drug-likeness (QED) is 0.457. The number of rotatable bonds is 5. The molecule has 0 aromatic carbocycles. The van der Waals surface area contributed by atoms with Crippen LogP contribution >= 0.6 is 0 Å². The van der Waals surface area contributed by atoms with Crippen LogP contribution in [0, 0.1) is 17.8 Å². The van der Waals surface area contributed by atoms with Gasteiger partial charge in [0, 0.05) is 11.8 Å². The van der Waals surface area contributed by atoms with Crippen molar-refractivity contribution >= 4 is 0 Å². The first-order valence-corrected chi connectivity index (χ1v) is 4.42. The number of ether oxygens (including phenoxy) is 2. The van der Waals surface area contributed by atoms with Crippen LogP contribution in [0.5, 0.6) is 0 Å². The lowest BCUT2D eigenvalue weighted by molar-refractivity contribution is -0.149. The van der Waals surface area contributed by atoms with Gasteiger partial charge in [-0.25, -0.2) is 0 Å². The second-order valence-electron chi connectivity index (χ2n) is 3.35. The Hall–Kier alpha value is -0.520. The predicted molar refractivity (Wildman–Crippen MR) is 47.8 cm³/mol. The zero-order valence-corrected chi connectivity index (χ0v) is 7.64. The van der Waals surface area contributed by atoms with E-state index in [1.807, 2.05) is 0 Å². The van der Waals surface area contributed by atoms with Crippen molar-refractivity contribution in [2.75, 3.05) is 26.4 Å². The molecule has 1 saturated heterocycles. The van der Waals surface area contributed by atoms with Gasteiger partial charge in [0.15, 0.2) is 0 Å². The van der Waals surface area contributed by atoms with Gasteiger partial charge in [0.1, 0.15) is 0 Å². The topological polar surface area (TPSA) is 18.5 Å². The van der Waals surface area contributed by atoms with E-state index in [4.69, 9.17) is 15.9 Å². The van der Waals surface area contributed by atoms with Crippen LogP contribution in [0.2, 0.25) is 0 Å². The van der Waals surface area contributed by atoms with Gasteiger partial charge in [-0.05, 0) is 6.42 Å². The molecule has 1 fully saturated rings. The highest BCUT2D eigenvalue weighted by Gasteiger charge is 2.36. The molecule has 0 atom stereocenters. The van der Waals surface area contributed by atoms with E-state index in [0.29, 0.717) is 18.4 Å². The molecule has 0 unspecified atom stereocenters. The Bertz CT molecular complexity index is 160. The van der Waals surface area contributed by atoms with Crippen LogP contribution in [0.15, 0.2) is 0 Å². The van der Waals surface area contributed by atoms with Crippen LogP contribution in [0.3, 0.4) is 0 Å². The van der Waals surface area contributed by atoms with E-state index in [0.717, 1.165) is 26.2 Å². The van der Waals surface area contributed by atoms with Crippen molar-refractivity contribution in [3.63, 3.8) is 0 Å². The first-order chi connectivity index (χ1) is 5.83. The van der Waals surface area contributed by atoms with Crippen LogP contribution in [0.1, 0.15) is 19.8 Å². The highest BCUT2D eigenvalue weighted by molar-refractivity contribution is 4.85. The summed E-state index contributed by atoms with van der Waals surface area (Å²) in [5, 5.41) is 0. The summed E-state index contributed by atoms with van der Waals surface area (Å²) in [5.74, 6) is 2.55. The van der Waals surface area contributed by atoms with Gasteiger partial charge < -0.3 is 9.47 Å². The van der Waals surface area contributed by atoms with Gasteiger partial charge in [-0.3, -0.25) is 0 Å². The Morgan fingerprint density at radius 3 is 2.75 bits per heavy atom. The largest absolute Gasteiger partial charge is 0.380 e. The Morgan fingerprint density at radius 2 is 2.33 bits per heavy atom. The molecule has 2 nitrogen and oxygen atoms in total. The number of hydrogen-bond donors (Lipinski definition) is 0. The lowest BCUT2D eigenvalue weighted by atomic mass is 9.84. The molecule has 0 radical (unpaired) electrons. The second-order valence-corrected chi connectivity index (χ2v) is 3.35. The highest BCUT2D eigenvalue weighted by atomic mass is 16.5. The molecule has 1 heterocycles. The molecule has 1 rings (SSSR count). The van der Waals surface area contributed by atoms with E-state index in [-0.39, 0.29) is 0 Å². The van der Waals surface area contributed by atoms with E-state index in [1.165, 1.54) is 0 Å². The van der Waals surface area contributed by atoms with Crippen LogP contribution in [0.25, 0.3) is 0 Å². The van der Waals surface area contributed by atoms with Crippen molar-refractivity contribution in [3.8, 4) is 12.3 Å². The fraction of sp³-hybridized carbons (Fsp3) is 0.800. The molecule has 1 aliphatic heterocycles. The summed E-state index contributed by atoms with van der Waals surface area (Å²) in [4.78, 5) is 0. The van der Waals surface area contributed by atoms with Crippen LogP contribution < -0.4 is 0 Å². The van der Waals surface area contributed by atoms with Crippen LogP contribution in [-0.4, -0.2) is 26.4 Å². The molecule has 0 bridgehead atoms. The molecule has 12 heavy (non-hydrogen) atoms. The maximum atomic E-state index is 5.45. The first-order valence-electron chi connectivity index (χ1n) is 4.42. The highest BCUT2D eigenvalue weighted by Crippen LogP contribution is 2.31. The fourth-order valence-corrected chi connectivity index (χ4v) is 1.20. The van der Waals surface area contributed by atoms with E-state index >= 15 is 0 Å². The van der Waals surface area contributed by atoms with Gasteiger partial charge >= 0.3 is 0 Å². The van der Waals surface area contributed by atoms with Crippen LogP contribution in [0.4, 0.5) is 0 Å². The third-order valence-electron chi connectivity index (χ3n) is 2.37. The summed E-state index contributed by atoms with van der Waals surface area (Å²) in [5.41, 5.74) is 0.300. The molecule has 0 N–H and O–H groups in total. The zero-order chi connectivity index (χ0) is 8.86. The molecule has 2 heteroatoms. The summed E-state index contributed by atoms with van der Waals surface area (Å²) in [6.07, 6.45) is 6.94. The minimum atomic E-state index is 0.300. The average molecular weight is 168 g/mol. The molecule has 0 saturated carbocycles. The molecular formula is C10H16O2. The molecule has 0 spiro atoms. The molecule has 0 aliphatic carbocycles. The van der Waals surface area contributed by atoms with Crippen molar-refractivity contribution in [2.45, 2.75) is 19.8 Å². The lowest BCUT2D eigenvalue weighted by Gasteiger charge is -2.40. The minimum Gasteiger partial charge on any atom is -0.380 e. The Morgan fingerprint density at radius 1 is 1.58 bits per heavy atom. The zero-order valence-electron chi connectivity index (χ0n) is 7.64. The van der Waals surface area contributed by atoms with Gasteiger partial charge in [-0.15, -0.1) is 12.3 Å². The molecular weight excluding hydrogens is 152 g/mol. The maximum Gasteiger partial charge on any atom is 0.0575 e. The van der Waals surface area contributed by atoms with E-state index in [1.54, 1.807) is 0 Å².